The first-order chi connectivity index (χ1) is 9.15. The number of likely N-dealkylation sites (N-methyl/N-ethyl adjacent to an activating group) is 1. The topological polar surface area (TPSA) is 75.3 Å². The van der Waals surface area contributed by atoms with Crippen LogP contribution in [-0.4, -0.2) is 47.5 Å². The van der Waals surface area contributed by atoms with E-state index >= 15 is 0 Å². The second kappa shape index (κ2) is 4.77. The van der Waals surface area contributed by atoms with Gasteiger partial charge < -0.3 is 15.5 Å². The van der Waals surface area contributed by atoms with Gasteiger partial charge in [0, 0.05) is 38.2 Å². The van der Waals surface area contributed by atoms with Gasteiger partial charge in [-0.15, -0.1) is 0 Å². The third-order valence-electron chi connectivity index (χ3n) is 4.06. The van der Waals surface area contributed by atoms with E-state index in [9.17, 15) is 4.79 Å². The number of aromatic nitrogens is 2. The molecule has 1 unspecified atom stereocenters. The van der Waals surface area contributed by atoms with Crippen molar-refractivity contribution in [3.63, 3.8) is 0 Å². The van der Waals surface area contributed by atoms with Gasteiger partial charge in [0.05, 0.1) is 11.6 Å². The molecule has 0 radical (unpaired) electrons. The highest BCUT2D eigenvalue weighted by Gasteiger charge is 2.30. The highest BCUT2D eigenvalue weighted by molar-refractivity contribution is 5.78. The SMILES string of the molecule is CN1CCc2ncnc(N3CCC(C(N)=O)C3)c2C1. The molecule has 2 N–H and O–H groups in total. The molecule has 2 aliphatic heterocycles. The number of fused-ring (bicyclic) bond motifs is 1. The van der Waals surface area contributed by atoms with Crippen LogP contribution in [-0.2, 0) is 17.8 Å². The summed E-state index contributed by atoms with van der Waals surface area (Å²) in [7, 11) is 2.11. The van der Waals surface area contributed by atoms with E-state index in [1.54, 1.807) is 6.33 Å². The molecular weight excluding hydrogens is 242 g/mol. The average Bonchev–Trinajstić information content (AvgIpc) is 2.87. The van der Waals surface area contributed by atoms with Gasteiger partial charge in [0.25, 0.3) is 0 Å². The summed E-state index contributed by atoms with van der Waals surface area (Å²) in [4.78, 5) is 24.5. The summed E-state index contributed by atoms with van der Waals surface area (Å²) in [6, 6.07) is 0. The summed E-state index contributed by atoms with van der Waals surface area (Å²) in [5.41, 5.74) is 7.75. The van der Waals surface area contributed by atoms with Gasteiger partial charge in [-0.25, -0.2) is 9.97 Å². The molecule has 1 aromatic rings. The minimum absolute atomic E-state index is 0.0491. The maximum Gasteiger partial charge on any atom is 0.222 e. The van der Waals surface area contributed by atoms with Crippen LogP contribution in [0.5, 0.6) is 0 Å². The zero-order valence-corrected chi connectivity index (χ0v) is 11.2. The van der Waals surface area contributed by atoms with Crippen LogP contribution in [0, 0.1) is 5.92 Å². The van der Waals surface area contributed by atoms with Gasteiger partial charge in [-0.3, -0.25) is 4.79 Å². The minimum atomic E-state index is -0.206. The van der Waals surface area contributed by atoms with Crippen LogP contribution in [0.3, 0.4) is 0 Å². The maximum absolute atomic E-state index is 11.3. The molecule has 102 valence electrons. The Kier molecular flexibility index (Phi) is 3.10. The Morgan fingerprint density at radius 2 is 2.26 bits per heavy atom. The Morgan fingerprint density at radius 1 is 1.42 bits per heavy atom. The van der Waals surface area contributed by atoms with Gasteiger partial charge in [-0.2, -0.15) is 0 Å². The third-order valence-corrected chi connectivity index (χ3v) is 4.06. The Morgan fingerprint density at radius 3 is 3.00 bits per heavy atom. The van der Waals surface area contributed by atoms with E-state index in [4.69, 9.17) is 5.73 Å². The zero-order valence-electron chi connectivity index (χ0n) is 11.2. The van der Waals surface area contributed by atoms with Crippen molar-refractivity contribution in [3.8, 4) is 0 Å². The van der Waals surface area contributed by atoms with E-state index in [2.05, 4.69) is 26.8 Å². The summed E-state index contributed by atoms with van der Waals surface area (Å²) in [6.07, 6.45) is 3.43. The largest absolute Gasteiger partial charge is 0.369 e. The number of amides is 1. The van der Waals surface area contributed by atoms with Crippen molar-refractivity contribution < 1.29 is 4.79 Å². The summed E-state index contributed by atoms with van der Waals surface area (Å²) in [5.74, 6) is 0.731. The van der Waals surface area contributed by atoms with Crippen molar-refractivity contribution in [2.45, 2.75) is 19.4 Å². The lowest BCUT2D eigenvalue weighted by atomic mass is 10.1. The zero-order chi connectivity index (χ0) is 13.4. The molecular formula is C13H19N5O. The lowest BCUT2D eigenvalue weighted by Crippen LogP contribution is -2.32. The van der Waals surface area contributed by atoms with E-state index in [1.165, 1.54) is 5.56 Å². The third kappa shape index (κ3) is 2.28. The summed E-state index contributed by atoms with van der Waals surface area (Å²) >= 11 is 0. The summed E-state index contributed by atoms with van der Waals surface area (Å²) in [6.45, 7) is 3.44. The van der Waals surface area contributed by atoms with Gasteiger partial charge in [0.1, 0.15) is 12.1 Å². The molecule has 1 saturated heterocycles. The number of nitrogens with two attached hydrogens (primary N) is 1. The van der Waals surface area contributed by atoms with Crippen molar-refractivity contribution >= 4 is 11.7 Å². The quantitative estimate of drug-likeness (QED) is 0.796. The Hall–Kier alpha value is -1.69. The first-order valence-corrected chi connectivity index (χ1v) is 6.70. The molecule has 0 aromatic carbocycles. The molecule has 6 nitrogen and oxygen atoms in total. The molecule has 3 heterocycles. The van der Waals surface area contributed by atoms with E-state index in [0.717, 1.165) is 44.0 Å². The lowest BCUT2D eigenvalue weighted by Gasteiger charge is -2.28. The van der Waals surface area contributed by atoms with E-state index in [1.807, 2.05) is 0 Å². The number of carbonyl (C=O) groups excluding carboxylic acids is 1. The van der Waals surface area contributed by atoms with Crippen molar-refractivity contribution in [1.82, 2.24) is 14.9 Å². The number of hydrogen-bond acceptors (Lipinski definition) is 5. The highest BCUT2D eigenvalue weighted by atomic mass is 16.1. The molecule has 1 amide bonds. The fourth-order valence-electron chi connectivity index (χ4n) is 2.92. The van der Waals surface area contributed by atoms with Crippen molar-refractivity contribution in [1.29, 1.82) is 0 Å². The monoisotopic (exact) mass is 261 g/mol. The first-order valence-electron chi connectivity index (χ1n) is 6.70. The summed E-state index contributed by atoms with van der Waals surface area (Å²) < 4.78 is 0. The van der Waals surface area contributed by atoms with E-state index in [0.29, 0.717) is 6.54 Å². The number of hydrogen-bond donors (Lipinski definition) is 1. The molecule has 6 heteroatoms. The number of carbonyl (C=O) groups is 1. The smallest absolute Gasteiger partial charge is 0.222 e. The van der Waals surface area contributed by atoms with Gasteiger partial charge in [0.15, 0.2) is 0 Å². The van der Waals surface area contributed by atoms with Crippen LogP contribution in [0.2, 0.25) is 0 Å². The number of rotatable bonds is 2. The summed E-state index contributed by atoms with van der Waals surface area (Å²) in [5, 5.41) is 0. The second-order valence-electron chi connectivity index (χ2n) is 5.44. The Labute approximate surface area is 112 Å². The molecule has 3 rings (SSSR count). The van der Waals surface area contributed by atoms with Gasteiger partial charge >= 0.3 is 0 Å². The standard InChI is InChI=1S/C13H19N5O/c1-17-4-3-11-10(7-17)13(16-8-15-11)18-5-2-9(6-18)12(14)19/h8-9H,2-7H2,1H3,(H2,14,19). The van der Waals surface area contributed by atoms with Crippen molar-refractivity contribution in [2.75, 3.05) is 31.6 Å². The van der Waals surface area contributed by atoms with Gasteiger partial charge in [0.2, 0.25) is 5.91 Å². The molecule has 0 saturated carbocycles. The molecule has 19 heavy (non-hydrogen) atoms. The lowest BCUT2D eigenvalue weighted by molar-refractivity contribution is -0.121. The van der Waals surface area contributed by atoms with Crippen molar-refractivity contribution in [3.05, 3.63) is 17.6 Å². The van der Waals surface area contributed by atoms with E-state index in [-0.39, 0.29) is 11.8 Å². The second-order valence-corrected chi connectivity index (χ2v) is 5.44. The van der Waals surface area contributed by atoms with Gasteiger partial charge in [-0.05, 0) is 13.5 Å². The average molecular weight is 261 g/mol. The maximum atomic E-state index is 11.3. The van der Waals surface area contributed by atoms with Crippen LogP contribution < -0.4 is 10.6 Å². The van der Waals surface area contributed by atoms with Crippen molar-refractivity contribution in [2.24, 2.45) is 11.7 Å². The highest BCUT2D eigenvalue weighted by Crippen LogP contribution is 2.29. The fourth-order valence-corrected chi connectivity index (χ4v) is 2.92. The molecule has 0 spiro atoms. The Bertz CT molecular complexity index is 504. The first kappa shape index (κ1) is 12.3. The predicted molar refractivity (Wildman–Crippen MR) is 71.6 cm³/mol. The van der Waals surface area contributed by atoms with Crippen LogP contribution >= 0.6 is 0 Å². The van der Waals surface area contributed by atoms with Crippen LogP contribution in [0.25, 0.3) is 0 Å². The molecule has 1 aromatic heterocycles. The van der Waals surface area contributed by atoms with Crippen LogP contribution in [0.1, 0.15) is 17.7 Å². The van der Waals surface area contributed by atoms with E-state index < -0.39 is 0 Å². The molecule has 1 fully saturated rings. The fraction of sp³-hybridized carbons (Fsp3) is 0.615. The van der Waals surface area contributed by atoms with Crippen LogP contribution in [0.4, 0.5) is 5.82 Å². The van der Waals surface area contributed by atoms with Gasteiger partial charge in [-0.1, -0.05) is 0 Å². The normalized spacial score (nSPS) is 23.4. The number of primary amides is 1. The molecule has 1 atom stereocenters. The van der Waals surface area contributed by atoms with Crippen LogP contribution in [0.15, 0.2) is 6.33 Å². The Balaban J connectivity index is 1.88. The molecule has 0 bridgehead atoms. The molecule has 2 aliphatic rings. The minimum Gasteiger partial charge on any atom is -0.369 e. The predicted octanol–water partition coefficient (Wildman–Crippen LogP) is -0.224. The number of nitrogens with zero attached hydrogens (tertiary/aromatic N) is 4. The number of anilines is 1. The molecule has 0 aliphatic carbocycles.